The molecule has 1 heterocycles. The Balaban J connectivity index is 2.03. The van der Waals surface area contributed by atoms with Gasteiger partial charge in [-0.1, -0.05) is 0 Å². The zero-order valence-electron chi connectivity index (χ0n) is 11.9. The van der Waals surface area contributed by atoms with Gasteiger partial charge in [-0.15, -0.1) is 0 Å². The highest BCUT2D eigenvalue weighted by atomic mass is 16.6. The first-order valence-corrected chi connectivity index (χ1v) is 6.73. The Morgan fingerprint density at radius 2 is 2.00 bits per heavy atom. The molecule has 20 heavy (non-hydrogen) atoms. The molecule has 6 heteroatoms. The molecule has 1 aromatic carbocycles. The lowest BCUT2D eigenvalue weighted by atomic mass is 10.1. The summed E-state index contributed by atoms with van der Waals surface area (Å²) in [5, 5.41) is 2.77. The van der Waals surface area contributed by atoms with E-state index in [-0.39, 0.29) is 5.91 Å². The molecule has 3 N–H and O–H groups in total. The van der Waals surface area contributed by atoms with Crippen LogP contribution in [0.15, 0.2) is 12.1 Å². The van der Waals surface area contributed by atoms with Crippen LogP contribution in [0.4, 0.5) is 5.69 Å². The molecule has 6 nitrogen and oxygen atoms in total. The van der Waals surface area contributed by atoms with E-state index in [1.807, 2.05) is 24.9 Å². The van der Waals surface area contributed by atoms with Gasteiger partial charge in [-0.3, -0.25) is 9.69 Å². The van der Waals surface area contributed by atoms with Crippen molar-refractivity contribution in [2.75, 3.05) is 39.1 Å². The highest BCUT2D eigenvalue weighted by Gasteiger charge is 2.16. The molecule has 1 aliphatic heterocycles. The Morgan fingerprint density at radius 1 is 1.35 bits per heavy atom. The normalized spacial score (nSPS) is 13.3. The van der Waals surface area contributed by atoms with E-state index >= 15 is 0 Å². The van der Waals surface area contributed by atoms with Gasteiger partial charge in [-0.25, -0.2) is 0 Å². The van der Waals surface area contributed by atoms with Crippen LogP contribution in [0, 0.1) is 0 Å². The molecule has 0 spiro atoms. The van der Waals surface area contributed by atoms with Gasteiger partial charge in [0.1, 0.15) is 13.2 Å². The number of nitrogens with zero attached hydrogens (tertiary/aromatic N) is 1. The number of likely N-dealkylation sites (N-methyl/N-ethyl adjacent to an activating group) is 2. The lowest BCUT2D eigenvalue weighted by Gasteiger charge is -2.22. The van der Waals surface area contributed by atoms with Crippen molar-refractivity contribution < 1.29 is 14.3 Å². The number of hydrogen-bond donors (Lipinski definition) is 2. The Bertz CT molecular complexity index is 491. The van der Waals surface area contributed by atoms with Crippen LogP contribution in [0.1, 0.15) is 12.5 Å². The highest BCUT2D eigenvalue weighted by molar-refractivity contribution is 5.77. The highest BCUT2D eigenvalue weighted by Crippen LogP contribution is 2.34. The molecular formula is C14H21N3O3. The van der Waals surface area contributed by atoms with E-state index in [4.69, 9.17) is 15.2 Å². The van der Waals surface area contributed by atoms with Crippen molar-refractivity contribution in [3.8, 4) is 11.5 Å². The van der Waals surface area contributed by atoms with Crippen molar-refractivity contribution in [3.05, 3.63) is 17.7 Å². The molecule has 110 valence electrons. The molecule has 0 unspecified atom stereocenters. The number of nitrogen functional groups attached to an aromatic ring is 1. The maximum Gasteiger partial charge on any atom is 0.234 e. The van der Waals surface area contributed by atoms with E-state index in [1.165, 1.54) is 0 Å². The fourth-order valence-electron chi connectivity index (χ4n) is 2.13. The fraction of sp³-hybridized carbons (Fsp3) is 0.500. The molecule has 0 aromatic heterocycles. The standard InChI is InChI=1S/C14H21N3O3/c1-3-16-14(18)9-17(2)8-10-6-12-13(7-11(10)15)20-5-4-19-12/h6-7H,3-5,8-9,15H2,1-2H3,(H,16,18). The molecule has 2 rings (SSSR count). The first-order valence-electron chi connectivity index (χ1n) is 6.73. The third-order valence-electron chi connectivity index (χ3n) is 3.03. The minimum Gasteiger partial charge on any atom is -0.486 e. The van der Waals surface area contributed by atoms with Crippen LogP contribution in [-0.2, 0) is 11.3 Å². The average molecular weight is 279 g/mol. The quantitative estimate of drug-likeness (QED) is 0.772. The second kappa shape index (κ2) is 6.47. The smallest absolute Gasteiger partial charge is 0.234 e. The van der Waals surface area contributed by atoms with Crippen LogP contribution in [-0.4, -0.2) is 44.2 Å². The summed E-state index contributed by atoms with van der Waals surface area (Å²) in [6.07, 6.45) is 0. The molecule has 0 saturated heterocycles. The first kappa shape index (κ1) is 14.5. The first-order chi connectivity index (χ1) is 9.60. The second-order valence-corrected chi connectivity index (χ2v) is 4.82. The van der Waals surface area contributed by atoms with Gasteiger partial charge in [0.05, 0.1) is 6.54 Å². The van der Waals surface area contributed by atoms with Gasteiger partial charge in [-0.05, 0) is 25.6 Å². The maximum atomic E-state index is 11.5. The number of carbonyl (C=O) groups is 1. The summed E-state index contributed by atoms with van der Waals surface area (Å²) in [7, 11) is 1.88. The predicted molar refractivity (Wildman–Crippen MR) is 76.9 cm³/mol. The van der Waals surface area contributed by atoms with Crippen LogP contribution in [0.25, 0.3) is 0 Å². The van der Waals surface area contributed by atoms with Crippen LogP contribution in [0.3, 0.4) is 0 Å². The third-order valence-corrected chi connectivity index (χ3v) is 3.03. The number of amides is 1. The summed E-state index contributed by atoms with van der Waals surface area (Å²) >= 11 is 0. The minimum absolute atomic E-state index is 0.00566. The zero-order valence-corrected chi connectivity index (χ0v) is 11.9. The summed E-state index contributed by atoms with van der Waals surface area (Å²) in [6.45, 7) is 4.55. The zero-order chi connectivity index (χ0) is 14.5. The monoisotopic (exact) mass is 279 g/mol. The molecule has 0 fully saturated rings. The van der Waals surface area contributed by atoms with Crippen LogP contribution in [0.2, 0.25) is 0 Å². The Morgan fingerprint density at radius 3 is 2.65 bits per heavy atom. The number of ether oxygens (including phenoxy) is 2. The number of benzene rings is 1. The van der Waals surface area contributed by atoms with E-state index in [2.05, 4.69) is 5.32 Å². The van der Waals surface area contributed by atoms with Gasteiger partial charge >= 0.3 is 0 Å². The van der Waals surface area contributed by atoms with Crippen molar-refractivity contribution in [3.63, 3.8) is 0 Å². The summed E-state index contributed by atoms with van der Waals surface area (Å²) in [5.74, 6) is 1.40. The van der Waals surface area contributed by atoms with Crippen molar-refractivity contribution in [1.82, 2.24) is 10.2 Å². The van der Waals surface area contributed by atoms with E-state index in [1.54, 1.807) is 6.07 Å². The number of fused-ring (bicyclic) bond motifs is 1. The fourth-order valence-corrected chi connectivity index (χ4v) is 2.13. The Kier molecular flexibility index (Phi) is 4.68. The van der Waals surface area contributed by atoms with E-state index in [0.29, 0.717) is 50.0 Å². The lowest BCUT2D eigenvalue weighted by Crippen LogP contribution is -2.34. The number of hydrogen-bond acceptors (Lipinski definition) is 5. The average Bonchev–Trinajstić information content (AvgIpc) is 2.39. The number of anilines is 1. The van der Waals surface area contributed by atoms with E-state index < -0.39 is 0 Å². The van der Waals surface area contributed by atoms with Gasteiger partial charge in [0, 0.05) is 24.8 Å². The van der Waals surface area contributed by atoms with Gasteiger partial charge in [-0.2, -0.15) is 0 Å². The molecule has 1 aromatic rings. The van der Waals surface area contributed by atoms with Crippen LogP contribution >= 0.6 is 0 Å². The number of rotatable bonds is 5. The van der Waals surface area contributed by atoms with Gasteiger partial charge < -0.3 is 20.5 Å². The molecule has 0 atom stereocenters. The summed E-state index contributed by atoms with van der Waals surface area (Å²) in [4.78, 5) is 13.4. The largest absolute Gasteiger partial charge is 0.486 e. The topological polar surface area (TPSA) is 76.8 Å². The van der Waals surface area contributed by atoms with Crippen molar-refractivity contribution in [1.29, 1.82) is 0 Å². The third kappa shape index (κ3) is 3.54. The van der Waals surface area contributed by atoms with E-state index in [0.717, 1.165) is 5.56 Å². The summed E-state index contributed by atoms with van der Waals surface area (Å²) in [6, 6.07) is 3.67. The number of nitrogens with one attached hydrogen (secondary N) is 1. The van der Waals surface area contributed by atoms with Crippen molar-refractivity contribution >= 4 is 11.6 Å². The number of nitrogens with two attached hydrogens (primary N) is 1. The Hall–Kier alpha value is -1.95. The molecule has 1 aliphatic rings. The second-order valence-electron chi connectivity index (χ2n) is 4.82. The molecule has 0 aliphatic carbocycles. The predicted octanol–water partition coefficient (Wildman–Crippen LogP) is 0.608. The van der Waals surface area contributed by atoms with Crippen LogP contribution < -0.4 is 20.5 Å². The van der Waals surface area contributed by atoms with Gasteiger partial charge in [0.25, 0.3) is 0 Å². The lowest BCUT2D eigenvalue weighted by molar-refractivity contribution is -0.121. The van der Waals surface area contributed by atoms with Crippen LogP contribution in [0.5, 0.6) is 11.5 Å². The molecule has 0 saturated carbocycles. The SMILES string of the molecule is CCNC(=O)CN(C)Cc1cc2c(cc1N)OCCO2. The van der Waals surface area contributed by atoms with Gasteiger partial charge in [0.2, 0.25) is 5.91 Å². The van der Waals surface area contributed by atoms with Crippen molar-refractivity contribution in [2.24, 2.45) is 0 Å². The Labute approximate surface area is 118 Å². The molecule has 1 amide bonds. The molecule has 0 bridgehead atoms. The van der Waals surface area contributed by atoms with Gasteiger partial charge in [0.15, 0.2) is 11.5 Å². The maximum absolute atomic E-state index is 11.5. The summed E-state index contributed by atoms with van der Waals surface area (Å²) < 4.78 is 11.0. The molecule has 0 radical (unpaired) electrons. The number of carbonyl (C=O) groups excluding carboxylic acids is 1. The molecular weight excluding hydrogens is 258 g/mol. The minimum atomic E-state index is 0.00566. The van der Waals surface area contributed by atoms with Crippen molar-refractivity contribution in [2.45, 2.75) is 13.5 Å². The van der Waals surface area contributed by atoms with E-state index in [9.17, 15) is 4.79 Å². The summed E-state index contributed by atoms with van der Waals surface area (Å²) in [5.41, 5.74) is 7.60.